The van der Waals surface area contributed by atoms with Gasteiger partial charge in [0, 0.05) is 22.9 Å². The van der Waals surface area contributed by atoms with Crippen molar-refractivity contribution in [2.75, 3.05) is 11.1 Å². The van der Waals surface area contributed by atoms with Crippen LogP contribution in [0.2, 0.25) is 0 Å². The van der Waals surface area contributed by atoms with E-state index in [0.29, 0.717) is 11.3 Å². The summed E-state index contributed by atoms with van der Waals surface area (Å²) in [6, 6.07) is 14.2. The third-order valence-corrected chi connectivity index (χ3v) is 4.15. The van der Waals surface area contributed by atoms with Gasteiger partial charge in [-0.05, 0) is 61.7 Å². The Kier molecular flexibility index (Phi) is 6.04. The number of hydrogen-bond donors (Lipinski definition) is 3. The smallest absolute Gasteiger partial charge is 0.251 e. The number of amides is 2. The van der Waals surface area contributed by atoms with E-state index in [1.807, 2.05) is 31.2 Å². The van der Waals surface area contributed by atoms with Gasteiger partial charge in [0.2, 0.25) is 5.91 Å². The Morgan fingerprint density at radius 1 is 1.04 bits per heavy atom. The fraction of sp³-hybridized carbons (Fsp3) is 0.263. The predicted molar refractivity (Wildman–Crippen MR) is 102 cm³/mol. The second-order valence-corrected chi connectivity index (χ2v) is 6.20. The largest absolute Gasteiger partial charge is 0.399 e. The third kappa shape index (κ3) is 4.97. The number of anilines is 2. The molecular formula is C19H22ClN3O2. The van der Waals surface area contributed by atoms with Crippen molar-refractivity contribution < 1.29 is 9.59 Å². The summed E-state index contributed by atoms with van der Waals surface area (Å²) in [5.41, 5.74) is 8.59. The first-order chi connectivity index (χ1) is 11.5. The van der Waals surface area contributed by atoms with Gasteiger partial charge in [0.05, 0.1) is 6.04 Å². The molecule has 1 saturated carbocycles. The number of nitrogens with one attached hydrogen (secondary N) is 2. The third-order valence-electron chi connectivity index (χ3n) is 4.15. The summed E-state index contributed by atoms with van der Waals surface area (Å²) in [6.45, 7) is 1.92. The van der Waals surface area contributed by atoms with Crippen LogP contribution in [0.25, 0.3) is 0 Å². The van der Waals surface area contributed by atoms with Gasteiger partial charge in [-0.3, -0.25) is 9.59 Å². The lowest BCUT2D eigenvalue weighted by atomic mass is 10.1. The molecule has 5 nitrogen and oxygen atoms in total. The number of benzene rings is 2. The van der Waals surface area contributed by atoms with E-state index in [1.54, 1.807) is 24.3 Å². The van der Waals surface area contributed by atoms with Gasteiger partial charge >= 0.3 is 0 Å². The minimum atomic E-state index is -0.145. The monoisotopic (exact) mass is 359 g/mol. The van der Waals surface area contributed by atoms with Crippen molar-refractivity contribution >= 4 is 35.6 Å². The zero-order valence-electron chi connectivity index (χ0n) is 14.0. The van der Waals surface area contributed by atoms with E-state index in [0.717, 1.165) is 24.1 Å². The average molecular weight is 360 g/mol. The first-order valence-corrected chi connectivity index (χ1v) is 8.10. The fourth-order valence-corrected chi connectivity index (χ4v) is 2.44. The number of halogens is 1. The first-order valence-electron chi connectivity index (χ1n) is 8.10. The number of nitrogen functional groups attached to an aromatic ring is 1. The Labute approximate surface area is 153 Å². The lowest BCUT2D eigenvalue weighted by molar-refractivity contribution is -0.117. The molecule has 1 unspecified atom stereocenters. The molecule has 1 aliphatic carbocycles. The summed E-state index contributed by atoms with van der Waals surface area (Å²) in [4.78, 5) is 24.0. The normalized spacial score (nSPS) is 14.1. The number of hydrogen-bond acceptors (Lipinski definition) is 3. The molecule has 0 aromatic heterocycles. The van der Waals surface area contributed by atoms with E-state index in [9.17, 15) is 9.59 Å². The summed E-state index contributed by atoms with van der Waals surface area (Å²) in [5, 5.41) is 5.86. The van der Waals surface area contributed by atoms with E-state index in [4.69, 9.17) is 5.73 Å². The molecule has 3 rings (SSSR count). The lowest BCUT2D eigenvalue weighted by Gasteiger charge is -2.15. The average Bonchev–Trinajstić information content (AvgIpc) is 3.41. The maximum Gasteiger partial charge on any atom is 0.251 e. The molecule has 1 aliphatic rings. The molecule has 2 aromatic rings. The van der Waals surface area contributed by atoms with Gasteiger partial charge in [-0.25, -0.2) is 0 Å². The van der Waals surface area contributed by atoms with Crippen LogP contribution < -0.4 is 16.4 Å². The van der Waals surface area contributed by atoms with Crippen LogP contribution in [0.15, 0.2) is 48.5 Å². The van der Waals surface area contributed by atoms with Crippen LogP contribution in [0.3, 0.4) is 0 Å². The quantitative estimate of drug-likeness (QED) is 0.714. The van der Waals surface area contributed by atoms with Gasteiger partial charge in [0.15, 0.2) is 0 Å². The van der Waals surface area contributed by atoms with E-state index in [2.05, 4.69) is 10.6 Å². The second-order valence-electron chi connectivity index (χ2n) is 6.20. The molecule has 0 bridgehead atoms. The summed E-state index contributed by atoms with van der Waals surface area (Å²) < 4.78 is 0. The van der Waals surface area contributed by atoms with Gasteiger partial charge in [-0.1, -0.05) is 12.1 Å². The number of rotatable bonds is 5. The van der Waals surface area contributed by atoms with Crippen molar-refractivity contribution in [1.82, 2.24) is 5.32 Å². The van der Waals surface area contributed by atoms with E-state index in [1.165, 1.54) is 0 Å². The van der Waals surface area contributed by atoms with Crippen molar-refractivity contribution in [1.29, 1.82) is 0 Å². The zero-order valence-corrected chi connectivity index (χ0v) is 14.8. The molecule has 0 saturated heterocycles. The topological polar surface area (TPSA) is 84.2 Å². The van der Waals surface area contributed by atoms with Crippen LogP contribution in [0.4, 0.5) is 11.4 Å². The van der Waals surface area contributed by atoms with E-state index >= 15 is 0 Å². The summed E-state index contributed by atoms with van der Waals surface area (Å²) >= 11 is 0. The minimum absolute atomic E-state index is 0. The predicted octanol–water partition coefficient (Wildman–Crippen LogP) is 3.53. The Morgan fingerprint density at radius 3 is 2.20 bits per heavy atom. The Balaban J connectivity index is 0.00000225. The molecule has 2 amide bonds. The number of nitrogens with two attached hydrogens (primary N) is 1. The van der Waals surface area contributed by atoms with Gasteiger partial charge in [0.1, 0.15) is 0 Å². The van der Waals surface area contributed by atoms with Crippen LogP contribution in [-0.4, -0.2) is 11.8 Å². The molecule has 0 aliphatic heterocycles. The maximum absolute atomic E-state index is 12.2. The first kappa shape index (κ1) is 18.8. The van der Waals surface area contributed by atoms with Crippen LogP contribution in [-0.2, 0) is 4.79 Å². The molecule has 1 atom stereocenters. The number of carbonyl (C=O) groups is 2. The van der Waals surface area contributed by atoms with Crippen molar-refractivity contribution in [3.05, 3.63) is 59.7 Å². The van der Waals surface area contributed by atoms with Crippen molar-refractivity contribution in [3.63, 3.8) is 0 Å². The molecule has 25 heavy (non-hydrogen) atoms. The standard InChI is InChI=1S/C19H21N3O2.ClH/c1-12(21-18(23)15-4-8-16(20)9-5-15)13-6-10-17(11-7-13)22-19(24)14-2-3-14;/h4-12,14H,2-3,20H2,1H3,(H,21,23)(H,22,24);1H. The molecule has 0 spiro atoms. The van der Waals surface area contributed by atoms with Crippen LogP contribution in [0.5, 0.6) is 0 Å². The highest BCUT2D eigenvalue weighted by molar-refractivity contribution is 5.95. The highest BCUT2D eigenvalue weighted by Crippen LogP contribution is 2.30. The van der Waals surface area contributed by atoms with Crippen molar-refractivity contribution in [2.45, 2.75) is 25.8 Å². The molecule has 1 fully saturated rings. The second kappa shape index (κ2) is 8.03. The highest BCUT2D eigenvalue weighted by Gasteiger charge is 2.29. The molecule has 132 valence electrons. The summed E-state index contributed by atoms with van der Waals surface area (Å²) in [7, 11) is 0. The summed E-state index contributed by atoms with van der Waals surface area (Å²) in [5.74, 6) is 0.129. The van der Waals surface area contributed by atoms with E-state index in [-0.39, 0.29) is 36.2 Å². The van der Waals surface area contributed by atoms with Crippen molar-refractivity contribution in [2.24, 2.45) is 5.92 Å². The molecule has 0 radical (unpaired) electrons. The summed E-state index contributed by atoms with van der Waals surface area (Å²) in [6.07, 6.45) is 1.97. The van der Waals surface area contributed by atoms with E-state index < -0.39 is 0 Å². The SMILES string of the molecule is CC(NC(=O)c1ccc(N)cc1)c1ccc(NC(=O)C2CC2)cc1.Cl. The lowest BCUT2D eigenvalue weighted by Crippen LogP contribution is -2.26. The highest BCUT2D eigenvalue weighted by atomic mass is 35.5. The molecular weight excluding hydrogens is 338 g/mol. The fourth-order valence-electron chi connectivity index (χ4n) is 2.44. The van der Waals surface area contributed by atoms with Gasteiger partial charge in [-0.2, -0.15) is 0 Å². The van der Waals surface area contributed by atoms with Crippen molar-refractivity contribution in [3.8, 4) is 0 Å². The van der Waals surface area contributed by atoms with Crippen LogP contribution >= 0.6 is 12.4 Å². The maximum atomic E-state index is 12.2. The Bertz CT molecular complexity index is 740. The van der Waals surface area contributed by atoms with Crippen LogP contribution in [0.1, 0.15) is 41.7 Å². The van der Waals surface area contributed by atoms with Gasteiger partial charge < -0.3 is 16.4 Å². The van der Waals surface area contributed by atoms with Crippen LogP contribution in [0, 0.1) is 5.92 Å². The number of carbonyl (C=O) groups excluding carboxylic acids is 2. The van der Waals surface area contributed by atoms with Gasteiger partial charge in [-0.15, -0.1) is 12.4 Å². The molecule has 0 heterocycles. The minimum Gasteiger partial charge on any atom is -0.399 e. The molecule has 4 N–H and O–H groups in total. The Hall–Kier alpha value is -2.53. The Morgan fingerprint density at radius 2 is 1.64 bits per heavy atom. The molecule has 6 heteroatoms. The van der Waals surface area contributed by atoms with Gasteiger partial charge in [0.25, 0.3) is 5.91 Å². The zero-order chi connectivity index (χ0) is 17.1. The molecule has 2 aromatic carbocycles.